The Bertz CT molecular complexity index is 1330. The number of fused-ring (bicyclic) bond motifs is 5. The topological polar surface area (TPSA) is 6.48 Å². The smallest absolute Gasteiger partial charge is 0.0101 e. The minimum absolute atomic E-state index is 0.932. The average molecular weight is 934 g/mol. The Balaban J connectivity index is 0.684. The van der Waals surface area contributed by atoms with Crippen molar-refractivity contribution in [2.75, 3.05) is 0 Å². The predicted molar refractivity (Wildman–Crippen MR) is 288 cm³/mol. The van der Waals surface area contributed by atoms with E-state index in [-0.39, 0.29) is 0 Å². The van der Waals surface area contributed by atoms with Crippen LogP contribution in [0.15, 0.2) is 0 Å². The molecule has 0 spiro atoms. The van der Waals surface area contributed by atoms with Gasteiger partial charge in [-0.1, -0.05) is 116 Å². The van der Waals surface area contributed by atoms with Gasteiger partial charge in [0.2, 0.25) is 0 Å². The third-order valence-corrected chi connectivity index (χ3v) is 26.0. The second-order valence-electron chi connectivity index (χ2n) is 28.9. The summed E-state index contributed by atoms with van der Waals surface area (Å²) in [5.74, 6) is 15.4. The van der Waals surface area contributed by atoms with Crippen molar-refractivity contribution in [3.8, 4) is 0 Å². The maximum Gasteiger partial charge on any atom is 0.0101 e. The molecule has 12 fully saturated rings. The summed E-state index contributed by atoms with van der Waals surface area (Å²) >= 11 is 0. The molecule has 12 saturated carbocycles. The van der Waals surface area contributed by atoms with Gasteiger partial charge >= 0.3 is 0 Å². The Labute approximate surface area is 422 Å². The van der Waals surface area contributed by atoms with Crippen LogP contribution in [-0.2, 0) is 0 Å². The molecule has 2 heteroatoms. The zero-order valence-electron chi connectivity index (χ0n) is 45.0. The van der Waals surface area contributed by atoms with E-state index in [0.717, 1.165) is 119 Å². The van der Waals surface area contributed by atoms with Crippen molar-refractivity contribution in [2.24, 2.45) is 82.9 Å². The maximum atomic E-state index is 3.25. The molecule has 12 rings (SSSR count). The van der Waals surface area contributed by atoms with Crippen molar-refractivity contribution in [1.82, 2.24) is 9.80 Å². The molecular weight excluding hydrogens is 821 g/mol. The highest BCUT2D eigenvalue weighted by Crippen LogP contribution is 2.65. The Hall–Kier alpha value is -0.0800. The first-order valence-electron chi connectivity index (χ1n) is 33.3. The second kappa shape index (κ2) is 23.2. The summed E-state index contributed by atoms with van der Waals surface area (Å²) in [6.07, 6.45) is 72.2. The number of rotatable bonds is 10. The molecular formula is C66H112N2. The largest absolute Gasteiger partial charge is 0.294 e. The average Bonchev–Trinajstić information content (AvgIpc) is 3.42. The van der Waals surface area contributed by atoms with E-state index in [1.54, 1.807) is 167 Å². The molecule has 8 unspecified atom stereocenters. The lowest BCUT2D eigenvalue weighted by atomic mass is 9.42. The summed E-state index contributed by atoms with van der Waals surface area (Å²) in [6, 6.07) is 5.62. The first-order chi connectivity index (χ1) is 33.7. The molecule has 0 N–H and O–H groups in total. The van der Waals surface area contributed by atoms with Gasteiger partial charge in [0.25, 0.3) is 0 Å². The fourth-order valence-electron chi connectivity index (χ4n) is 23.0. The van der Waals surface area contributed by atoms with E-state index in [4.69, 9.17) is 0 Å². The van der Waals surface area contributed by atoms with Crippen LogP contribution in [0.25, 0.3) is 0 Å². The van der Waals surface area contributed by atoms with Gasteiger partial charge < -0.3 is 0 Å². The molecule has 0 aromatic rings. The minimum Gasteiger partial charge on any atom is -0.294 e. The summed E-state index contributed by atoms with van der Waals surface area (Å²) in [7, 11) is 0. The van der Waals surface area contributed by atoms with E-state index < -0.39 is 0 Å². The molecule has 0 bridgehead atoms. The third kappa shape index (κ3) is 10.6. The van der Waals surface area contributed by atoms with E-state index >= 15 is 0 Å². The lowest BCUT2D eigenvalue weighted by molar-refractivity contribution is -0.141. The highest BCUT2D eigenvalue weighted by Gasteiger charge is 2.58. The zero-order valence-corrected chi connectivity index (χ0v) is 45.0. The van der Waals surface area contributed by atoms with Gasteiger partial charge in [0.1, 0.15) is 0 Å². The first-order valence-corrected chi connectivity index (χ1v) is 33.3. The Morgan fingerprint density at radius 3 is 0.706 bits per heavy atom. The molecule has 8 atom stereocenters. The van der Waals surface area contributed by atoms with Crippen LogP contribution in [0.1, 0.15) is 295 Å². The van der Waals surface area contributed by atoms with E-state index in [2.05, 4.69) is 9.80 Å². The molecule has 68 heavy (non-hydrogen) atoms. The summed E-state index contributed by atoms with van der Waals surface area (Å²) in [4.78, 5) is 6.50. The lowest BCUT2D eigenvalue weighted by Gasteiger charge is -2.63. The van der Waals surface area contributed by atoms with Crippen LogP contribution < -0.4 is 0 Å². The minimum atomic E-state index is 0.932. The van der Waals surface area contributed by atoms with Crippen molar-refractivity contribution < 1.29 is 0 Å². The Morgan fingerprint density at radius 2 is 0.397 bits per heavy atom. The molecule has 0 aromatic carbocycles. The van der Waals surface area contributed by atoms with Crippen LogP contribution in [0.4, 0.5) is 0 Å². The Morgan fingerprint density at radius 1 is 0.162 bits per heavy atom. The molecule has 12 aliphatic carbocycles. The third-order valence-electron chi connectivity index (χ3n) is 26.0. The van der Waals surface area contributed by atoms with Gasteiger partial charge in [-0.05, 0) is 263 Å². The molecule has 12 aliphatic rings. The van der Waals surface area contributed by atoms with Crippen LogP contribution in [0.3, 0.4) is 0 Å². The molecule has 0 radical (unpaired) electrons. The van der Waals surface area contributed by atoms with Crippen LogP contribution in [0.2, 0.25) is 0 Å². The van der Waals surface area contributed by atoms with Crippen molar-refractivity contribution in [3.63, 3.8) is 0 Å². The molecule has 386 valence electrons. The van der Waals surface area contributed by atoms with Crippen molar-refractivity contribution in [3.05, 3.63) is 0 Å². The lowest BCUT2D eigenvalue weighted by Crippen LogP contribution is -2.56. The van der Waals surface area contributed by atoms with Gasteiger partial charge in [-0.15, -0.1) is 0 Å². The SMILES string of the molecule is C1CCC(N(C2CCCCC2)C2CCC(C3CCC(C4CC5CCCCC5C5C(C6CCC(C7CCC(N(C8CCCCC8)C8CCCCC8)CC7)CC6)CC6CCCCC6C45)CC3)CC2)CC1. The van der Waals surface area contributed by atoms with Crippen LogP contribution >= 0.6 is 0 Å². The molecule has 0 saturated heterocycles. The number of hydrogen-bond acceptors (Lipinski definition) is 2. The van der Waals surface area contributed by atoms with E-state index in [0.29, 0.717) is 0 Å². The summed E-state index contributed by atoms with van der Waals surface area (Å²) in [5, 5.41) is 0. The first kappa shape index (κ1) is 48.8. The normalized spacial score (nSPS) is 45.6. The van der Waals surface area contributed by atoms with Crippen molar-refractivity contribution in [1.29, 1.82) is 0 Å². The zero-order chi connectivity index (χ0) is 45.2. The van der Waals surface area contributed by atoms with E-state index in [1.807, 2.05) is 0 Å². The van der Waals surface area contributed by atoms with Gasteiger partial charge in [-0.25, -0.2) is 0 Å². The van der Waals surface area contributed by atoms with Gasteiger partial charge in [0.05, 0.1) is 0 Å². The van der Waals surface area contributed by atoms with Crippen LogP contribution in [-0.4, -0.2) is 46.1 Å². The highest BCUT2D eigenvalue weighted by molar-refractivity contribution is 5.07. The van der Waals surface area contributed by atoms with E-state index in [1.165, 1.54) is 128 Å². The monoisotopic (exact) mass is 933 g/mol. The molecule has 2 nitrogen and oxygen atoms in total. The summed E-state index contributed by atoms with van der Waals surface area (Å²) in [6.45, 7) is 0. The van der Waals surface area contributed by atoms with Crippen molar-refractivity contribution >= 4 is 0 Å². The van der Waals surface area contributed by atoms with Gasteiger partial charge in [0.15, 0.2) is 0 Å². The van der Waals surface area contributed by atoms with Crippen LogP contribution in [0.5, 0.6) is 0 Å². The second-order valence-corrected chi connectivity index (χ2v) is 28.9. The van der Waals surface area contributed by atoms with Crippen LogP contribution in [0, 0.1) is 82.9 Å². The van der Waals surface area contributed by atoms with Crippen molar-refractivity contribution in [2.45, 2.75) is 332 Å². The quantitative estimate of drug-likeness (QED) is 0.215. The maximum absolute atomic E-state index is 3.25. The van der Waals surface area contributed by atoms with Gasteiger partial charge in [-0.2, -0.15) is 0 Å². The summed E-state index contributed by atoms with van der Waals surface area (Å²) in [5.41, 5.74) is 0. The molecule has 0 amide bonds. The summed E-state index contributed by atoms with van der Waals surface area (Å²) < 4.78 is 0. The predicted octanol–water partition coefficient (Wildman–Crippen LogP) is 18.5. The van der Waals surface area contributed by atoms with E-state index in [9.17, 15) is 0 Å². The number of hydrogen-bond donors (Lipinski definition) is 0. The Kier molecular flexibility index (Phi) is 16.7. The molecule has 0 aliphatic heterocycles. The van der Waals surface area contributed by atoms with Gasteiger partial charge in [0, 0.05) is 36.3 Å². The fourth-order valence-corrected chi connectivity index (χ4v) is 23.0. The molecule has 0 heterocycles. The van der Waals surface area contributed by atoms with Gasteiger partial charge in [-0.3, -0.25) is 9.80 Å². The number of nitrogens with zero attached hydrogens (tertiary/aromatic N) is 2. The molecule has 0 aromatic heterocycles. The fraction of sp³-hybridized carbons (Fsp3) is 1.00. The standard InChI is InChI=1S/C66H112N2/c1-5-19-55(20-6-1)67(56-21-7-2-8-22-56)59-41-37-49(38-42-59)47-29-33-51(34-30-47)63-45-53-17-13-16-28-62(53)66-64(46-54-18-14-15-27-61(54)65(63)66)52-35-31-48(32-36-52)50-39-43-60(44-40-50)68(57-23-9-3-10-24-57)58-25-11-4-12-26-58/h47-66H,1-46H2. The highest BCUT2D eigenvalue weighted by atomic mass is 15.2.